The summed E-state index contributed by atoms with van der Waals surface area (Å²) in [6.07, 6.45) is 1.76. The molecule has 2 aromatic rings. The van der Waals surface area contributed by atoms with Gasteiger partial charge >= 0.3 is 0 Å². The molecule has 1 aliphatic heterocycles. The van der Waals surface area contributed by atoms with Crippen molar-refractivity contribution < 1.29 is 14.3 Å². The summed E-state index contributed by atoms with van der Waals surface area (Å²) in [5.41, 5.74) is 1.65. The Balaban J connectivity index is 1.86. The van der Waals surface area contributed by atoms with E-state index in [2.05, 4.69) is 4.99 Å². The average molecular weight is 389 g/mol. The van der Waals surface area contributed by atoms with E-state index in [-0.39, 0.29) is 5.91 Å². The molecule has 3 rings (SSSR count). The van der Waals surface area contributed by atoms with Crippen LogP contribution in [-0.4, -0.2) is 32.3 Å². The zero-order valence-corrected chi connectivity index (χ0v) is 16.1. The first kappa shape index (κ1) is 18.4. The maximum absolute atomic E-state index is 12.3. The molecule has 1 aliphatic rings. The van der Waals surface area contributed by atoms with Gasteiger partial charge in [0, 0.05) is 23.3 Å². The van der Waals surface area contributed by atoms with Crippen LogP contribution in [0.15, 0.2) is 52.4 Å². The molecule has 0 saturated carbocycles. The standard InChI is InChI=1S/C19H17ClN2O3S/c1-22(14-9-7-13(20)8-10-14)19-21-18(23)16(26-19)11-12-5-4-6-15(24-2)17(12)25-3/h4-11H,1-3H3/b16-11-. The first-order valence-electron chi connectivity index (χ1n) is 7.76. The predicted octanol–water partition coefficient (Wildman–Crippen LogP) is 4.46. The fraction of sp³-hybridized carbons (Fsp3) is 0.158. The zero-order chi connectivity index (χ0) is 18.7. The van der Waals surface area contributed by atoms with Gasteiger partial charge in [-0.15, -0.1) is 0 Å². The zero-order valence-electron chi connectivity index (χ0n) is 14.5. The number of halogens is 1. The minimum absolute atomic E-state index is 0.282. The van der Waals surface area contributed by atoms with Crippen molar-refractivity contribution in [3.8, 4) is 11.5 Å². The maximum atomic E-state index is 12.3. The molecule has 7 heteroatoms. The first-order valence-corrected chi connectivity index (χ1v) is 8.95. The minimum Gasteiger partial charge on any atom is -0.493 e. The number of amides is 1. The van der Waals surface area contributed by atoms with Crippen LogP contribution in [0.1, 0.15) is 5.56 Å². The van der Waals surface area contributed by atoms with Crippen molar-refractivity contribution in [2.75, 3.05) is 26.2 Å². The number of aliphatic imine (C=N–C) groups is 1. The van der Waals surface area contributed by atoms with Crippen LogP contribution in [0.2, 0.25) is 5.02 Å². The van der Waals surface area contributed by atoms with E-state index in [1.54, 1.807) is 38.5 Å². The molecule has 0 N–H and O–H groups in total. The van der Waals surface area contributed by atoms with E-state index in [1.165, 1.54) is 11.8 Å². The van der Waals surface area contributed by atoms with Gasteiger partial charge in [0.15, 0.2) is 16.7 Å². The third-order valence-corrected chi connectivity index (χ3v) is 5.14. The summed E-state index contributed by atoms with van der Waals surface area (Å²) in [5, 5.41) is 1.26. The largest absolute Gasteiger partial charge is 0.493 e. The SMILES string of the molecule is COc1cccc(/C=C2\SC(N(C)c3ccc(Cl)cc3)=NC2=O)c1OC. The summed E-state index contributed by atoms with van der Waals surface area (Å²) in [5.74, 6) is 0.905. The number of rotatable bonds is 4. The number of para-hydroxylation sites is 1. The number of benzene rings is 2. The fourth-order valence-electron chi connectivity index (χ4n) is 2.48. The Bertz CT molecular complexity index is 894. The summed E-state index contributed by atoms with van der Waals surface area (Å²) in [6, 6.07) is 12.9. The summed E-state index contributed by atoms with van der Waals surface area (Å²) < 4.78 is 10.7. The fourth-order valence-corrected chi connectivity index (χ4v) is 3.50. The number of methoxy groups -OCH3 is 2. The number of carbonyl (C=O) groups is 1. The molecule has 5 nitrogen and oxygen atoms in total. The average Bonchev–Trinajstić information content (AvgIpc) is 3.02. The molecular formula is C19H17ClN2O3S. The molecule has 1 amide bonds. The van der Waals surface area contributed by atoms with Crippen molar-refractivity contribution in [2.24, 2.45) is 4.99 Å². The summed E-state index contributed by atoms with van der Waals surface area (Å²) >= 11 is 7.24. The second-order valence-corrected chi connectivity index (χ2v) is 6.87. The van der Waals surface area contributed by atoms with Gasteiger partial charge < -0.3 is 14.4 Å². The third kappa shape index (κ3) is 3.71. The van der Waals surface area contributed by atoms with Crippen LogP contribution >= 0.6 is 23.4 Å². The summed E-state index contributed by atoms with van der Waals surface area (Å²) in [6.45, 7) is 0. The van der Waals surface area contributed by atoms with Crippen molar-refractivity contribution in [3.63, 3.8) is 0 Å². The van der Waals surface area contributed by atoms with Crippen LogP contribution in [-0.2, 0) is 4.79 Å². The number of nitrogens with zero attached hydrogens (tertiary/aromatic N) is 2. The molecule has 0 aromatic heterocycles. The number of hydrogen-bond acceptors (Lipinski definition) is 5. The molecule has 0 fully saturated rings. The van der Waals surface area contributed by atoms with Crippen LogP contribution in [0.4, 0.5) is 5.69 Å². The number of ether oxygens (including phenoxy) is 2. The quantitative estimate of drug-likeness (QED) is 0.723. The van der Waals surface area contributed by atoms with E-state index in [4.69, 9.17) is 21.1 Å². The lowest BCUT2D eigenvalue weighted by molar-refractivity contribution is -0.113. The van der Waals surface area contributed by atoms with Crippen molar-refractivity contribution >= 4 is 46.2 Å². The smallest absolute Gasteiger partial charge is 0.286 e. The van der Waals surface area contributed by atoms with Gasteiger partial charge in [-0.3, -0.25) is 4.79 Å². The minimum atomic E-state index is -0.282. The molecule has 0 aliphatic carbocycles. The second-order valence-electron chi connectivity index (χ2n) is 5.43. The highest BCUT2D eigenvalue weighted by Crippen LogP contribution is 2.36. The Morgan fingerprint density at radius 2 is 1.85 bits per heavy atom. The second kappa shape index (κ2) is 7.85. The summed E-state index contributed by atoms with van der Waals surface area (Å²) in [7, 11) is 5.00. The van der Waals surface area contributed by atoms with Gasteiger partial charge in [-0.05, 0) is 48.2 Å². The number of thioether (sulfide) groups is 1. The molecule has 26 heavy (non-hydrogen) atoms. The number of anilines is 1. The van der Waals surface area contributed by atoms with Gasteiger partial charge in [0.25, 0.3) is 5.91 Å². The Labute approximate surface area is 161 Å². The molecule has 0 bridgehead atoms. The van der Waals surface area contributed by atoms with Gasteiger partial charge in [0.2, 0.25) is 0 Å². The third-order valence-electron chi connectivity index (χ3n) is 3.83. The summed E-state index contributed by atoms with van der Waals surface area (Å²) in [4.78, 5) is 18.9. The van der Waals surface area contributed by atoms with E-state index in [0.29, 0.717) is 26.6 Å². The van der Waals surface area contributed by atoms with Crippen LogP contribution in [0, 0.1) is 0 Å². The van der Waals surface area contributed by atoms with E-state index >= 15 is 0 Å². The van der Waals surface area contributed by atoms with Gasteiger partial charge in [0.05, 0.1) is 19.1 Å². The molecule has 0 spiro atoms. The molecule has 2 aromatic carbocycles. The van der Waals surface area contributed by atoms with Crippen LogP contribution in [0.5, 0.6) is 11.5 Å². The highest BCUT2D eigenvalue weighted by molar-refractivity contribution is 8.18. The molecule has 0 unspecified atom stereocenters. The monoisotopic (exact) mass is 388 g/mol. The predicted molar refractivity (Wildman–Crippen MR) is 107 cm³/mol. The molecular weight excluding hydrogens is 372 g/mol. The number of hydrogen-bond donors (Lipinski definition) is 0. The van der Waals surface area contributed by atoms with Crippen molar-refractivity contribution in [1.29, 1.82) is 0 Å². The molecule has 0 atom stereocenters. The lowest BCUT2D eigenvalue weighted by Crippen LogP contribution is -2.21. The number of amidine groups is 1. The van der Waals surface area contributed by atoms with Gasteiger partial charge in [-0.25, -0.2) is 0 Å². The highest BCUT2D eigenvalue weighted by atomic mass is 35.5. The van der Waals surface area contributed by atoms with Gasteiger partial charge in [-0.1, -0.05) is 23.7 Å². The van der Waals surface area contributed by atoms with Gasteiger partial charge in [-0.2, -0.15) is 4.99 Å². The lowest BCUT2D eigenvalue weighted by atomic mass is 10.1. The van der Waals surface area contributed by atoms with E-state index < -0.39 is 0 Å². The van der Waals surface area contributed by atoms with Crippen molar-refractivity contribution in [2.45, 2.75) is 0 Å². The normalized spacial score (nSPS) is 15.2. The van der Waals surface area contributed by atoms with Crippen molar-refractivity contribution in [3.05, 3.63) is 58.0 Å². The van der Waals surface area contributed by atoms with E-state index in [1.807, 2.05) is 36.2 Å². The van der Waals surface area contributed by atoms with E-state index in [9.17, 15) is 4.79 Å². The lowest BCUT2D eigenvalue weighted by Gasteiger charge is -2.17. The molecule has 0 saturated heterocycles. The number of carbonyl (C=O) groups excluding carboxylic acids is 1. The topological polar surface area (TPSA) is 51.1 Å². The maximum Gasteiger partial charge on any atom is 0.286 e. The van der Waals surface area contributed by atoms with Crippen LogP contribution in [0.25, 0.3) is 6.08 Å². The Kier molecular flexibility index (Phi) is 5.54. The Morgan fingerprint density at radius 3 is 2.50 bits per heavy atom. The highest BCUT2D eigenvalue weighted by Gasteiger charge is 2.25. The van der Waals surface area contributed by atoms with E-state index in [0.717, 1.165) is 11.3 Å². The Morgan fingerprint density at radius 1 is 1.12 bits per heavy atom. The molecule has 0 radical (unpaired) electrons. The first-order chi connectivity index (χ1) is 12.5. The molecule has 134 valence electrons. The van der Waals surface area contributed by atoms with Crippen molar-refractivity contribution in [1.82, 2.24) is 0 Å². The van der Waals surface area contributed by atoms with Crippen LogP contribution < -0.4 is 14.4 Å². The molecule has 1 heterocycles. The van der Waals surface area contributed by atoms with Crippen LogP contribution in [0.3, 0.4) is 0 Å². The Hall–Kier alpha value is -2.44. The van der Waals surface area contributed by atoms with Gasteiger partial charge in [0.1, 0.15) is 0 Å².